The van der Waals surface area contributed by atoms with Gasteiger partial charge < -0.3 is 10.4 Å². The van der Waals surface area contributed by atoms with Crippen LogP contribution in [0.25, 0.3) is 0 Å². The van der Waals surface area contributed by atoms with Crippen LogP contribution in [0.1, 0.15) is 10.4 Å². The molecule has 0 aliphatic rings. The van der Waals surface area contributed by atoms with Crippen LogP contribution in [0, 0.1) is 4.91 Å². The zero-order valence-corrected chi connectivity index (χ0v) is 9.92. The van der Waals surface area contributed by atoms with Gasteiger partial charge in [0.1, 0.15) is 0 Å². The van der Waals surface area contributed by atoms with E-state index in [0.29, 0.717) is 5.01 Å². The second-order valence-corrected chi connectivity index (χ2v) is 3.54. The van der Waals surface area contributed by atoms with E-state index in [2.05, 4.69) is 10.6 Å². The van der Waals surface area contributed by atoms with Crippen LogP contribution >= 0.6 is 11.6 Å². The van der Waals surface area contributed by atoms with Crippen LogP contribution < -0.4 is 10.3 Å². The Balaban J connectivity index is 2.85. The maximum Gasteiger partial charge on any atom is 0.345 e. The second-order valence-electron chi connectivity index (χ2n) is 3.17. The first kappa shape index (κ1) is 13.9. The fourth-order valence-electron chi connectivity index (χ4n) is 1.18. The van der Waals surface area contributed by atoms with Gasteiger partial charge in [0.2, 0.25) is 0 Å². The third-order valence-electron chi connectivity index (χ3n) is 2.00. The molecular formula is C10H10ClN3O4. The highest BCUT2D eigenvalue weighted by Crippen LogP contribution is 2.15. The first-order valence-electron chi connectivity index (χ1n) is 4.90. The van der Waals surface area contributed by atoms with Crippen molar-refractivity contribution in [3.63, 3.8) is 0 Å². The zero-order valence-electron chi connectivity index (χ0n) is 9.17. The number of alkyl halides is 1. The van der Waals surface area contributed by atoms with E-state index in [1.165, 1.54) is 24.3 Å². The monoisotopic (exact) mass is 271 g/mol. The number of halogens is 1. The van der Waals surface area contributed by atoms with Gasteiger partial charge in [0.15, 0.2) is 0 Å². The minimum Gasteiger partial charge on any atom is -0.478 e. The maximum absolute atomic E-state index is 11.5. The molecule has 0 aliphatic heterocycles. The molecule has 7 nitrogen and oxygen atoms in total. The van der Waals surface area contributed by atoms with Crippen molar-refractivity contribution in [3.8, 4) is 0 Å². The Labute approximate surface area is 107 Å². The lowest BCUT2D eigenvalue weighted by molar-refractivity contribution is 0.0697. The zero-order chi connectivity index (χ0) is 13.5. The summed E-state index contributed by atoms with van der Waals surface area (Å²) < 4.78 is 0. The number of carbonyl (C=O) groups is 2. The van der Waals surface area contributed by atoms with Crippen molar-refractivity contribution in [2.75, 3.05) is 17.4 Å². The molecule has 0 radical (unpaired) electrons. The number of benzene rings is 1. The second kappa shape index (κ2) is 6.55. The molecule has 1 aromatic rings. The van der Waals surface area contributed by atoms with E-state index in [0.717, 1.165) is 0 Å². The van der Waals surface area contributed by atoms with E-state index in [1.54, 1.807) is 0 Å². The summed E-state index contributed by atoms with van der Waals surface area (Å²) in [5.41, 5.74) is 0.216. The third-order valence-corrected chi connectivity index (χ3v) is 2.19. The van der Waals surface area contributed by atoms with Crippen LogP contribution in [0.5, 0.6) is 0 Å². The van der Waals surface area contributed by atoms with E-state index in [1.807, 2.05) is 0 Å². The van der Waals surface area contributed by atoms with Crippen molar-refractivity contribution < 1.29 is 14.7 Å². The molecule has 18 heavy (non-hydrogen) atoms. The summed E-state index contributed by atoms with van der Waals surface area (Å²) in [4.78, 5) is 32.7. The fourth-order valence-corrected chi connectivity index (χ4v) is 1.27. The molecule has 1 rings (SSSR count). The highest BCUT2D eigenvalue weighted by Gasteiger charge is 2.16. The van der Waals surface area contributed by atoms with Gasteiger partial charge in [-0.05, 0) is 24.3 Å². The lowest BCUT2D eigenvalue weighted by Gasteiger charge is -2.13. The van der Waals surface area contributed by atoms with Crippen LogP contribution in [0.4, 0.5) is 10.5 Å². The Kier molecular flexibility index (Phi) is 5.06. The number of nitrogens with one attached hydrogen (secondary N) is 1. The number of carboxylic acids is 1. The number of nitroso groups, excluding NO2 is 1. The molecule has 0 saturated heterocycles. The van der Waals surface area contributed by atoms with E-state index >= 15 is 0 Å². The molecule has 0 fully saturated rings. The van der Waals surface area contributed by atoms with Crippen molar-refractivity contribution >= 4 is 29.3 Å². The predicted octanol–water partition coefficient (Wildman–Crippen LogP) is 1.82. The summed E-state index contributed by atoms with van der Waals surface area (Å²) in [5, 5.41) is 14.2. The van der Waals surface area contributed by atoms with E-state index in [4.69, 9.17) is 16.7 Å². The van der Waals surface area contributed by atoms with Crippen LogP contribution in [-0.4, -0.2) is 29.5 Å². The molecule has 2 amide bonds. The minimum atomic E-state index is -1.10. The number of hydrogen-bond donors (Lipinski definition) is 2. The van der Waals surface area contributed by atoms with Gasteiger partial charge in [-0.25, -0.2) is 9.59 Å². The van der Waals surface area contributed by atoms with Gasteiger partial charge in [-0.3, -0.25) is 0 Å². The Morgan fingerprint density at radius 1 is 1.33 bits per heavy atom. The molecule has 0 aliphatic carbocycles. The van der Waals surface area contributed by atoms with Crippen molar-refractivity contribution in [2.45, 2.75) is 0 Å². The lowest BCUT2D eigenvalue weighted by Crippen LogP contribution is -2.37. The molecule has 1 aromatic carbocycles. The van der Waals surface area contributed by atoms with Gasteiger partial charge in [-0.2, -0.15) is 0 Å². The van der Waals surface area contributed by atoms with Crippen molar-refractivity contribution in [2.24, 2.45) is 5.29 Å². The fraction of sp³-hybridized carbons (Fsp3) is 0.200. The molecule has 0 bridgehead atoms. The quantitative estimate of drug-likeness (QED) is 0.485. The van der Waals surface area contributed by atoms with Gasteiger partial charge in [0, 0.05) is 12.4 Å². The average Bonchev–Trinajstić information content (AvgIpc) is 2.37. The van der Waals surface area contributed by atoms with Gasteiger partial charge in [0.05, 0.1) is 16.5 Å². The highest BCUT2D eigenvalue weighted by molar-refractivity contribution is 6.18. The molecule has 2 N–H and O–H groups in total. The number of carbonyl (C=O) groups excluding carboxylic acids is 1. The summed E-state index contributed by atoms with van der Waals surface area (Å²) in [7, 11) is 0. The van der Waals surface area contributed by atoms with Crippen molar-refractivity contribution in [1.82, 2.24) is 5.32 Å². The summed E-state index contributed by atoms with van der Waals surface area (Å²) in [6, 6.07) is 4.43. The molecule has 0 saturated carbocycles. The van der Waals surface area contributed by atoms with Crippen LogP contribution in [0.15, 0.2) is 29.6 Å². The highest BCUT2D eigenvalue weighted by atomic mass is 35.5. The van der Waals surface area contributed by atoms with Crippen LogP contribution in [-0.2, 0) is 0 Å². The Bertz CT molecular complexity index is 449. The molecular weight excluding hydrogens is 262 g/mol. The molecule has 0 heterocycles. The average molecular weight is 272 g/mol. The molecule has 0 spiro atoms. The number of nitrogens with zero attached hydrogens (tertiary/aromatic N) is 2. The number of rotatable bonds is 5. The van der Waals surface area contributed by atoms with Gasteiger partial charge in [0.25, 0.3) is 0 Å². The van der Waals surface area contributed by atoms with Crippen LogP contribution in [0.3, 0.4) is 0 Å². The normalized spacial score (nSPS) is 9.61. The number of amides is 2. The summed E-state index contributed by atoms with van der Waals surface area (Å²) in [6.07, 6.45) is 0. The third kappa shape index (κ3) is 3.42. The molecule has 0 atom stereocenters. The summed E-state index contributed by atoms with van der Waals surface area (Å²) >= 11 is 5.39. The lowest BCUT2D eigenvalue weighted by atomic mass is 10.2. The van der Waals surface area contributed by atoms with Gasteiger partial charge in [-0.15, -0.1) is 21.5 Å². The van der Waals surface area contributed by atoms with Gasteiger partial charge in [-0.1, -0.05) is 0 Å². The van der Waals surface area contributed by atoms with Gasteiger partial charge >= 0.3 is 12.0 Å². The number of carboxylic acid groups (broad SMARTS) is 1. The summed E-state index contributed by atoms with van der Waals surface area (Å²) in [5.74, 6) is -0.894. The maximum atomic E-state index is 11.5. The van der Waals surface area contributed by atoms with E-state index < -0.39 is 12.0 Å². The van der Waals surface area contributed by atoms with Crippen molar-refractivity contribution in [3.05, 3.63) is 34.7 Å². The molecule has 0 unspecified atom stereocenters. The number of anilines is 1. The van der Waals surface area contributed by atoms with Crippen LogP contribution in [0.2, 0.25) is 0 Å². The SMILES string of the molecule is O=NN(C(=O)NCCCl)c1ccc(C(=O)O)cc1. The smallest absolute Gasteiger partial charge is 0.345 e. The minimum absolute atomic E-state index is 0.0470. The predicted molar refractivity (Wildman–Crippen MR) is 65.8 cm³/mol. The Hall–Kier alpha value is -2.15. The molecule has 96 valence electrons. The number of aromatic carboxylic acids is 1. The molecule has 0 aromatic heterocycles. The van der Waals surface area contributed by atoms with Crippen molar-refractivity contribution in [1.29, 1.82) is 0 Å². The standard InChI is InChI=1S/C10H10ClN3O4/c11-5-6-12-10(17)14(13-18)8-3-1-7(2-4-8)9(15)16/h1-4H,5-6H2,(H,12,17)(H,15,16). The first-order valence-corrected chi connectivity index (χ1v) is 5.44. The first-order chi connectivity index (χ1) is 8.60. The van der Waals surface area contributed by atoms with E-state index in [-0.39, 0.29) is 23.7 Å². The number of hydrogen-bond acceptors (Lipinski definition) is 4. The Morgan fingerprint density at radius 2 is 1.94 bits per heavy atom. The van der Waals surface area contributed by atoms with E-state index in [9.17, 15) is 14.5 Å². The summed E-state index contributed by atoms with van der Waals surface area (Å²) in [6.45, 7) is 0.194. The largest absolute Gasteiger partial charge is 0.478 e. The topological polar surface area (TPSA) is 99.1 Å². The Morgan fingerprint density at radius 3 is 2.39 bits per heavy atom. The number of urea groups is 1. The molecule has 8 heteroatoms.